The van der Waals surface area contributed by atoms with E-state index in [1.807, 2.05) is 6.07 Å². The molecule has 90 valence electrons. The van der Waals surface area contributed by atoms with Crippen molar-refractivity contribution in [2.75, 3.05) is 0 Å². The van der Waals surface area contributed by atoms with Crippen LogP contribution in [0, 0.1) is 5.41 Å². The van der Waals surface area contributed by atoms with Crippen molar-refractivity contribution < 1.29 is 0 Å². The third-order valence-corrected chi connectivity index (χ3v) is 5.82. The lowest BCUT2D eigenvalue weighted by atomic mass is 9.52. The Morgan fingerprint density at radius 3 is 2.44 bits per heavy atom. The Morgan fingerprint density at radius 1 is 1.44 bits per heavy atom. The first-order chi connectivity index (χ1) is 7.55. The summed E-state index contributed by atoms with van der Waals surface area (Å²) in [6.07, 6.45) is 3.26. The molecule has 0 spiro atoms. The lowest BCUT2D eigenvalue weighted by molar-refractivity contribution is 0.0441. The third kappa shape index (κ3) is 1.71. The molecule has 1 aliphatic carbocycles. The minimum absolute atomic E-state index is 0.230. The summed E-state index contributed by atoms with van der Waals surface area (Å²) in [5, 5.41) is 0. The van der Waals surface area contributed by atoms with Crippen molar-refractivity contribution >= 4 is 34.5 Å². The van der Waals surface area contributed by atoms with Gasteiger partial charge in [-0.2, -0.15) is 0 Å². The second kappa shape index (κ2) is 4.49. The second-order valence-corrected chi connectivity index (χ2v) is 6.90. The summed E-state index contributed by atoms with van der Waals surface area (Å²) < 4.78 is 1.62. The lowest BCUT2D eigenvalue weighted by Gasteiger charge is -2.54. The highest BCUT2D eigenvalue weighted by Crippen LogP contribution is 2.58. The summed E-state index contributed by atoms with van der Waals surface area (Å²) in [4.78, 5) is 0. The molecule has 1 fully saturated rings. The molecule has 1 heterocycles. The smallest absolute Gasteiger partial charge is 0.0979 e. The summed E-state index contributed by atoms with van der Waals surface area (Å²) in [5.74, 6) is 0.494. The van der Waals surface area contributed by atoms with Gasteiger partial charge in [-0.05, 0) is 42.2 Å². The summed E-state index contributed by atoms with van der Waals surface area (Å²) in [5.41, 5.74) is 7.63. The average Bonchev–Trinajstić information content (AvgIpc) is 2.56. The number of thiophene rings is 1. The standard InChI is InChI=1S/C12H17Cl2NS/c1-3-12(4-2)8(6-9(12)15)7-5-10(13)16-11(7)14/h5,8-9H,3-4,6,15H2,1-2H3. The largest absolute Gasteiger partial charge is 0.327 e. The van der Waals surface area contributed by atoms with Crippen LogP contribution in [0.15, 0.2) is 6.07 Å². The minimum Gasteiger partial charge on any atom is -0.327 e. The number of hydrogen-bond donors (Lipinski definition) is 1. The number of rotatable bonds is 3. The van der Waals surface area contributed by atoms with E-state index in [0.717, 1.165) is 27.9 Å². The highest BCUT2D eigenvalue weighted by atomic mass is 35.5. The van der Waals surface area contributed by atoms with Gasteiger partial charge in [0.15, 0.2) is 0 Å². The van der Waals surface area contributed by atoms with E-state index in [0.29, 0.717) is 12.0 Å². The van der Waals surface area contributed by atoms with Crippen molar-refractivity contribution in [3.8, 4) is 0 Å². The fraction of sp³-hybridized carbons (Fsp3) is 0.667. The third-order valence-electron chi connectivity index (χ3n) is 4.30. The Morgan fingerprint density at radius 2 is 2.06 bits per heavy atom. The summed E-state index contributed by atoms with van der Waals surface area (Å²) in [6.45, 7) is 4.44. The molecule has 0 aliphatic heterocycles. The van der Waals surface area contributed by atoms with Crippen LogP contribution in [0.25, 0.3) is 0 Å². The van der Waals surface area contributed by atoms with E-state index in [1.165, 1.54) is 16.9 Å². The number of nitrogens with two attached hydrogens (primary N) is 1. The molecule has 1 aromatic rings. The van der Waals surface area contributed by atoms with Crippen molar-refractivity contribution in [1.82, 2.24) is 0 Å². The molecule has 1 aliphatic rings. The first-order valence-corrected chi connectivity index (χ1v) is 7.32. The van der Waals surface area contributed by atoms with Crippen molar-refractivity contribution in [3.63, 3.8) is 0 Å². The Labute approximate surface area is 111 Å². The number of halogens is 2. The lowest BCUT2D eigenvalue weighted by Crippen LogP contribution is -2.55. The van der Waals surface area contributed by atoms with Crippen LogP contribution in [-0.2, 0) is 0 Å². The molecule has 2 unspecified atom stereocenters. The van der Waals surface area contributed by atoms with E-state index in [9.17, 15) is 0 Å². The van der Waals surface area contributed by atoms with Gasteiger partial charge in [0.25, 0.3) is 0 Å². The zero-order chi connectivity index (χ0) is 11.9. The molecule has 1 nitrogen and oxygen atoms in total. The van der Waals surface area contributed by atoms with E-state index in [1.54, 1.807) is 0 Å². The number of hydrogen-bond acceptors (Lipinski definition) is 2. The van der Waals surface area contributed by atoms with Crippen LogP contribution in [0.5, 0.6) is 0 Å². The molecule has 4 heteroatoms. The SMILES string of the molecule is CCC1(CC)C(N)CC1c1cc(Cl)sc1Cl. The monoisotopic (exact) mass is 277 g/mol. The van der Waals surface area contributed by atoms with Crippen molar-refractivity contribution in [2.45, 2.75) is 45.1 Å². The normalized spacial score (nSPS) is 27.8. The van der Waals surface area contributed by atoms with Gasteiger partial charge in [0.05, 0.1) is 8.67 Å². The van der Waals surface area contributed by atoms with E-state index in [-0.39, 0.29) is 5.41 Å². The van der Waals surface area contributed by atoms with Crippen LogP contribution >= 0.6 is 34.5 Å². The molecule has 0 amide bonds. The first kappa shape index (κ1) is 12.7. The maximum atomic E-state index is 6.23. The van der Waals surface area contributed by atoms with Crippen molar-refractivity contribution in [1.29, 1.82) is 0 Å². The van der Waals surface area contributed by atoms with Crippen LogP contribution in [0.1, 0.15) is 44.6 Å². The molecule has 1 aromatic heterocycles. The van der Waals surface area contributed by atoms with Crippen LogP contribution in [0.4, 0.5) is 0 Å². The minimum atomic E-state index is 0.230. The van der Waals surface area contributed by atoms with Crippen LogP contribution in [-0.4, -0.2) is 6.04 Å². The predicted molar refractivity (Wildman–Crippen MR) is 72.7 cm³/mol. The molecule has 2 N–H and O–H groups in total. The van der Waals surface area contributed by atoms with Gasteiger partial charge in [-0.1, -0.05) is 37.0 Å². The Hall–Kier alpha value is 0.240. The molecule has 0 aromatic carbocycles. The van der Waals surface area contributed by atoms with E-state index in [2.05, 4.69) is 13.8 Å². The highest BCUT2D eigenvalue weighted by molar-refractivity contribution is 7.20. The fourth-order valence-electron chi connectivity index (χ4n) is 3.12. The van der Waals surface area contributed by atoms with Gasteiger partial charge < -0.3 is 5.73 Å². The van der Waals surface area contributed by atoms with Crippen LogP contribution < -0.4 is 5.73 Å². The van der Waals surface area contributed by atoms with Gasteiger partial charge in [-0.15, -0.1) is 11.3 Å². The van der Waals surface area contributed by atoms with E-state index in [4.69, 9.17) is 28.9 Å². The van der Waals surface area contributed by atoms with Crippen molar-refractivity contribution in [3.05, 3.63) is 20.3 Å². The van der Waals surface area contributed by atoms with Gasteiger partial charge in [0.2, 0.25) is 0 Å². The zero-order valence-electron chi connectivity index (χ0n) is 9.59. The maximum Gasteiger partial charge on any atom is 0.0979 e. The molecule has 0 saturated heterocycles. The summed E-state index contributed by atoms with van der Waals surface area (Å²) in [7, 11) is 0. The Balaban J connectivity index is 2.32. The van der Waals surface area contributed by atoms with Gasteiger partial charge in [-0.3, -0.25) is 0 Å². The zero-order valence-corrected chi connectivity index (χ0v) is 11.9. The highest BCUT2D eigenvalue weighted by Gasteiger charge is 2.51. The maximum absolute atomic E-state index is 6.23. The van der Waals surface area contributed by atoms with Gasteiger partial charge in [0, 0.05) is 6.04 Å². The molecule has 2 rings (SSSR count). The topological polar surface area (TPSA) is 26.0 Å². The van der Waals surface area contributed by atoms with Crippen LogP contribution in [0.2, 0.25) is 8.67 Å². The van der Waals surface area contributed by atoms with E-state index >= 15 is 0 Å². The average molecular weight is 278 g/mol. The molecule has 1 saturated carbocycles. The molecule has 2 atom stereocenters. The second-order valence-electron chi connectivity index (χ2n) is 4.61. The molecular formula is C12H17Cl2NS. The van der Waals surface area contributed by atoms with E-state index < -0.39 is 0 Å². The van der Waals surface area contributed by atoms with Crippen molar-refractivity contribution in [2.24, 2.45) is 11.1 Å². The summed E-state index contributed by atoms with van der Waals surface area (Å²) >= 11 is 13.7. The van der Waals surface area contributed by atoms with Gasteiger partial charge in [0.1, 0.15) is 0 Å². The fourth-order valence-corrected chi connectivity index (χ4v) is 4.69. The van der Waals surface area contributed by atoms with Crippen LogP contribution in [0.3, 0.4) is 0 Å². The van der Waals surface area contributed by atoms with Gasteiger partial charge >= 0.3 is 0 Å². The van der Waals surface area contributed by atoms with Gasteiger partial charge in [-0.25, -0.2) is 0 Å². The molecular weight excluding hydrogens is 261 g/mol. The molecule has 0 bridgehead atoms. The first-order valence-electron chi connectivity index (χ1n) is 5.75. The predicted octanol–water partition coefficient (Wildman–Crippen LogP) is 4.68. The Kier molecular flexibility index (Phi) is 3.56. The molecule has 0 radical (unpaired) electrons. The summed E-state index contributed by atoms with van der Waals surface area (Å²) in [6, 6.07) is 2.33. The quantitative estimate of drug-likeness (QED) is 0.853. The Bertz CT molecular complexity index is 384. The molecule has 16 heavy (non-hydrogen) atoms.